The topological polar surface area (TPSA) is 15.8 Å². The molecule has 1 heterocycles. The van der Waals surface area contributed by atoms with Crippen molar-refractivity contribution in [3.63, 3.8) is 0 Å². The number of benzene rings is 1. The van der Waals surface area contributed by atoms with Crippen molar-refractivity contribution >= 4 is 48.8 Å². The van der Waals surface area contributed by atoms with Gasteiger partial charge in [-0.25, -0.2) is 0 Å². The highest BCUT2D eigenvalue weighted by atomic mass is 79.9. The van der Waals surface area contributed by atoms with Gasteiger partial charge in [-0.2, -0.15) is 0 Å². The van der Waals surface area contributed by atoms with E-state index in [0.717, 1.165) is 15.3 Å². The van der Waals surface area contributed by atoms with Crippen LogP contribution in [0.4, 0.5) is 0 Å². The van der Waals surface area contributed by atoms with Gasteiger partial charge in [-0.3, -0.25) is 0 Å². The van der Waals surface area contributed by atoms with Crippen LogP contribution in [0.2, 0.25) is 0 Å². The minimum absolute atomic E-state index is 0.879. The van der Waals surface area contributed by atoms with Gasteiger partial charge in [0.25, 0.3) is 0 Å². The first kappa shape index (κ1) is 9.99. The van der Waals surface area contributed by atoms with Crippen molar-refractivity contribution in [1.82, 2.24) is 4.98 Å². The fourth-order valence-corrected chi connectivity index (χ4v) is 2.25. The summed E-state index contributed by atoms with van der Waals surface area (Å²) in [6.45, 7) is 0. The third-order valence-corrected chi connectivity index (χ3v) is 3.11. The highest BCUT2D eigenvalue weighted by Crippen LogP contribution is 2.27. The molecule has 1 N–H and O–H groups in total. The summed E-state index contributed by atoms with van der Waals surface area (Å²) in [4.78, 5) is 3.24. The van der Waals surface area contributed by atoms with Crippen molar-refractivity contribution in [2.45, 2.75) is 0 Å². The van der Waals surface area contributed by atoms with Crippen molar-refractivity contribution in [3.8, 4) is 0 Å². The minimum atomic E-state index is 0.879. The molecule has 0 atom stereocenters. The molecule has 0 spiro atoms. The van der Waals surface area contributed by atoms with Gasteiger partial charge in [-0.15, -0.1) is 0 Å². The first-order valence-corrected chi connectivity index (χ1v) is 6.22. The van der Waals surface area contributed by atoms with Crippen LogP contribution >= 0.6 is 31.9 Å². The van der Waals surface area contributed by atoms with E-state index in [1.807, 2.05) is 12.3 Å². The molecule has 0 bridgehead atoms. The molecular weight excluding hydrogens is 306 g/mol. The highest BCUT2D eigenvalue weighted by Gasteiger charge is 2.03. The fourth-order valence-electron chi connectivity index (χ4n) is 1.47. The Bertz CT molecular complexity index is 471. The maximum Gasteiger partial charge on any atom is 0.0471 e. The molecule has 0 aliphatic carbocycles. The lowest BCUT2D eigenvalue weighted by atomic mass is 10.2. The first-order valence-electron chi connectivity index (χ1n) is 4.31. The maximum absolute atomic E-state index is 3.55. The van der Waals surface area contributed by atoms with Crippen LogP contribution in [-0.2, 0) is 0 Å². The fraction of sp³-hybridized carbons (Fsp3) is 0.0909. The molecular formula is C11H9Br2N. The van der Waals surface area contributed by atoms with E-state index >= 15 is 0 Å². The molecule has 2 aromatic rings. The van der Waals surface area contributed by atoms with E-state index in [1.165, 1.54) is 10.9 Å². The molecule has 1 aromatic carbocycles. The molecule has 0 unspecified atom stereocenters. The smallest absolute Gasteiger partial charge is 0.0471 e. The lowest BCUT2D eigenvalue weighted by Crippen LogP contribution is -1.71. The second-order valence-corrected chi connectivity index (χ2v) is 4.46. The first-order chi connectivity index (χ1) is 6.83. The third-order valence-electron chi connectivity index (χ3n) is 2.07. The van der Waals surface area contributed by atoms with Gasteiger partial charge in [0, 0.05) is 32.5 Å². The SMILES string of the molecule is BrCC=Cc1c[nH]c2cccc(Br)c12. The number of aromatic nitrogens is 1. The summed E-state index contributed by atoms with van der Waals surface area (Å²) in [7, 11) is 0. The van der Waals surface area contributed by atoms with E-state index in [9.17, 15) is 0 Å². The Morgan fingerprint density at radius 1 is 1.36 bits per heavy atom. The van der Waals surface area contributed by atoms with Gasteiger partial charge in [-0.1, -0.05) is 50.1 Å². The standard InChI is InChI=1S/C11H9Br2N/c12-6-2-3-8-7-14-10-5-1-4-9(13)11(8)10/h1-5,7,14H,6H2. The Kier molecular flexibility index (Phi) is 3.08. The Morgan fingerprint density at radius 3 is 3.00 bits per heavy atom. The summed E-state index contributed by atoms with van der Waals surface area (Å²) in [6.07, 6.45) is 6.22. The second-order valence-electron chi connectivity index (χ2n) is 2.96. The lowest BCUT2D eigenvalue weighted by Gasteiger charge is -1.95. The van der Waals surface area contributed by atoms with E-state index in [2.05, 4.69) is 61.1 Å². The summed E-state index contributed by atoms with van der Waals surface area (Å²) >= 11 is 6.92. The summed E-state index contributed by atoms with van der Waals surface area (Å²) < 4.78 is 1.13. The molecule has 0 radical (unpaired) electrons. The van der Waals surface area contributed by atoms with Crippen LogP contribution < -0.4 is 0 Å². The van der Waals surface area contributed by atoms with E-state index in [1.54, 1.807) is 0 Å². The van der Waals surface area contributed by atoms with Gasteiger partial charge >= 0.3 is 0 Å². The van der Waals surface area contributed by atoms with Crippen molar-refractivity contribution in [1.29, 1.82) is 0 Å². The molecule has 0 saturated carbocycles. The predicted molar refractivity (Wildman–Crippen MR) is 68.8 cm³/mol. The zero-order valence-electron chi connectivity index (χ0n) is 7.43. The Labute approximate surface area is 99.5 Å². The van der Waals surface area contributed by atoms with E-state index in [-0.39, 0.29) is 0 Å². The Morgan fingerprint density at radius 2 is 2.21 bits per heavy atom. The molecule has 0 aliphatic heterocycles. The number of halogens is 2. The number of aromatic amines is 1. The zero-order valence-corrected chi connectivity index (χ0v) is 10.6. The van der Waals surface area contributed by atoms with Gasteiger partial charge in [0.15, 0.2) is 0 Å². The van der Waals surface area contributed by atoms with Gasteiger partial charge in [-0.05, 0) is 12.1 Å². The van der Waals surface area contributed by atoms with Crippen LogP contribution in [0.5, 0.6) is 0 Å². The van der Waals surface area contributed by atoms with Crippen LogP contribution in [0.1, 0.15) is 5.56 Å². The molecule has 3 heteroatoms. The summed E-state index contributed by atoms with van der Waals surface area (Å²) in [5, 5.41) is 2.12. The average molecular weight is 315 g/mol. The van der Waals surface area contributed by atoms with Crippen molar-refractivity contribution in [3.05, 3.63) is 40.5 Å². The van der Waals surface area contributed by atoms with Gasteiger partial charge < -0.3 is 4.98 Å². The highest BCUT2D eigenvalue weighted by molar-refractivity contribution is 9.10. The van der Waals surface area contributed by atoms with Crippen LogP contribution in [0, 0.1) is 0 Å². The normalized spacial score (nSPS) is 11.6. The molecule has 2 rings (SSSR count). The Balaban J connectivity index is 2.61. The number of fused-ring (bicyclic) bond motifs is 1. The van der Waals surface area contributed by atoms with Crippen molar-refractivity contribution in [2.75, 3.05) is 5.33 Å². The molecule has 1 aromatic heterocycles. The molecule has 0 amide bonds. The molecule has 14 heavy (non-hydrogen) atoms. The van der Waals surface area contributed by atoms with Gasteiger partial charge in [0.2, 0.25) is 0 Å². The molecule has 72 valence electrons. The predicted octanol–water partition coefficient (Wildman–Crippen LogP) is 4.34. The van der Waals surface area contributed by atoms with Crippen molar-refractivity contribution < 1.29 is 0 Å². The number of allylic oxidation sites excluding steroid dienone is 1. The average Bonchev–Trinajstić information content (AvgIpc) is 2.59. The van der Waals surface area contributed by atoms with Gasteiger partial charge in [0.1, 0.15) is 0 Å². The number of nitrogens with one attached hydrogen (secondary N) is 1. The molecule has 0 aliphatic rings. The molecule has 1 nitrogen and oxygen atoms in total. The van der Waals surface area contributed by atoms with Gasteiger partial charge in [0.05, 0.1) is 0 Å². The third kappa shape index (κ3) is 1.79. The quantitative estimate of drug-likeness (QED) is 0.794. The number of hydrogen-bond donors (Lipinski definition) is 1. The van der Waals surface area contributed by atoms with Crippen LogP contribution in [0.3, 0.4) is 0 Å². The van der Waals surface area contributed by atoms with Crippen LogP contribution in [-0.4, -0.2) is 10.3 Å². The van der Waals surface area contributed by atoms with Crippen molar-refractivity contribution in [2.24, 2.45) is 0 Å². The number of rotatable bonds is 2. The summed E-state index contributed by atoms with van der Waals surface area (Å²) in [5.41, 5.74) is 2.38. The number of H-pyrrole nitrogens is 1. The van der Waals surface area contributed by atoms with Crippen LogP contribution in [0.15, 0.2) is 34.9 Å². The second kappa shape index (κ2) is 4.32. The van der Waals surface area contributed by atoms with E-state index < -0.39 is 0 Å². The molecule has 0 fully saturated rings. The largest absolute Gasteiger partial charge is 0.361 e. The lowest BCUT2D eigenvalue weighted by molar-refractivity contribution is 1.47. The summed E-state index contributed by atoms with van der Waals surface area (Å²) in [5.74, 6) is 0. The zero-order chi connectivity index (χ0) is 9.97. The van der Waals surface area contributed by atoms with Crippen LogP contribution in [0.25, 0.3) is 17.0 Å². The van der Waals surface area contributed by atoms with E-state index in [4.69, 9.17) is 0 Å². The van der Waals surface area contributed by atoms with E-state index in [0.29, 0.717) is 0 Å². The Hall–Kier alpha value is -0.540. The molecule has 0 saturated heterocycles. The number of hydrogen-bond acceptors (Lipinski definition) is 0. The monoisotopic (exact) mass is 313 g/mol. The maximum atomic E-state index is 3.55. The minimum Gasteiger partial charge on any atom is -0.361 e. The number of alkyl halides is 1. The summed E-state index contributed by atoms with van der Waals surface area (Å²) in [6, 6.07) is 6.16.